The van der Waals surface area contributed by atoms with Crippen LogP contribution in [0.3, 0.4) is 0 Å². The van der Waals surface area contributed by atoms with Crippen LogP contribution in [0.5, 0.6) is 5.75 Å². The summed E-state index contributed by atoms with van der Waals surface area (Å²) in [6, 6.07) is 2.07. The molecule has 0 saturated heterocycles. The van der Waals surface area contributed by atoms with Gasteiger partial charge in [-0.15, -0.1) is 0 Å². The highest BCUT2D eigenvalue weighted by Gasteiger charge is 2.15. The van der Waals surface area contributed by atoms with Crippen molar-refractivity contribution in [3.05, 3.63) is 29.1 Å². The molecule has 0 aliphatic carbocycles. The van der Waals surface area contributed by atoms with Gasteiger partial charge in [0, 0.05) is 5.56 Å². The molecule has 16 heavy (non-hydrogen) atoms. The van der Waals surface area contributed by atoms with Gasteiger partial charge in [0.2, 0.25) is 0 Å². The number of Topliss-reactive ketones (excluding diaryl/α,β-unsaturated/α-hetero) is 1. The molecule has 88 valence electrons. The minimum Gasteiger partial charge on any atom is -0.432 e. The van der Waals surface area contributed by atoms with Gasteiger partial charge in [-0.2, -0.15) is 8.78 Å². The summed E-state index contributed by atoms with van der Waals surface area (Å²) in [5.74, 6) is -1.79. The number of halogens is 3. The predicted molar refractivity (Wildman–Crippen MR) is 52.4 cm³/mol. The molecule has 1 rings (SSSR count). The number of hydrogen-bond donors (Lipinski definition) is 0. The van der Waals surface area contributed by atoms with Gasteiger partial charge in [-0.05, 0) is 31.0 Å². The molecule has 0 atom stereocenters. The van der Waals surface area contributed by atoms with E-state index in [-0.39, 0.29) is 11.3 Å². The lowest BCUT2D eigenvalue weighted by atomic mass is 10.0. The molecule has 1 aromatic rings. The zero-order valence-corrected chi connectivity index (χ0v) is 8.89. The molecule has 2 nitrogen and oxygen atoms in total. The van der Waals surface area contributed by atoms with Crippen molar-refractivity contribution in [1.82, 2.24) is 0 Å². The van der Waals surface area contributed by atoms with E-state index in [0.717, 1.165) is 12.1 Å². The van der Waals surface area contributed by atoms with Gasteiger partial charge in [0.1, 0.15) is 0 Å². The number of hydrogen-bond acceptors (Lipinski definition) is 2. The molecule has 0 N–H and O–H groups in total. The molecule has 0 unspecified atom stereocenters. The Balaban J connectivity index is 3.20. The molecule has 0 spiro atoms. The Morgan fingerprint density at radius 3 is 2.50 bits per heavy atom. The lowest BCUT2D eigenvalue weighted by molar-refractivity contribution is -0.0522. The van der Waals surface area contributed by atoms with Gasteiger partial charge < -0.3 is 4.74 Å². The van der Waals surface area contributed by atoms with E-state index in [1.807, 2.05) is 0 Å². The van der Waals surface area contributed by atoms with E-state index in [4.69, 9.17) is 0 Å². The summed E-state index contributed by atoms with van der Waals surface area (Å²) in [7, 11) is 0. The Bertz CT molecular complexity index is 402. The number of ketones is 1. The van der Waals surface area contributed by atoms with Crippen molar-refractivity contribution in [2.24, 2.45) is 0 Å². The van der Waals surface area contributed by atoms with Crippen molar-refractivity contribution in [1.29, 1.82) is 0 Å². The maximum Gasteiger partial charge on any atom is 0.387 e. The molecule has 0 amide bonds. The zero-order chi connectivity index (χ0) is 12.3. The summed E-state index contributed by atoms with van der Waals surface area (Å²) in [4.78, 5) is 11.2. The number of carbonyl (C=O) groups is 1. The lowest BCUT2D eigenvalue weighted by Crippen LogP contribution is -2.07. The van der Waals surface area contributed by atoms with E-state index >= 15 is 0 Å². The van der Waals surface area contributed by atoms with Crippen molar-refractivity contribution in [3.63, 3.8) is 0 Å². The number of alkyl halides is 2. The number of carbonyl (C=O) groups excluding carboxylic acids is 1. The maximum atomic E-state index is 13.3. The summed E-state index contributed by atoms with van der Waals surface area (Å²) in [6.45, 7) is -0.0460. The molecule has 0 aromatic heterocycles. The van der Waals surface area contributed by atoms with Crippen LogP contribution in [0, 0.1) is 5.82 Å². The number of benzene rings is 1. The van der Waals surface area contributed by atoms with Crippen LogP contribution in [0.25, 0.3) is 0 Å². The summed E-state index contributed by atoms with van der Waals surface area (Å²) >= 11 is 0. The molecule has 1 aromatic carbocycles. The Morgan fingerprint density at radius 2 is 2.06 bits per heavy atom. The van der Waals surface area contributed by atoms with E-state index in [1.165, 1.54) is 6.92 Å². The largest absolute Gasteiger partial charge is 0.432 e. The summed E-state index contributed by atoms with van der Waals surface area (Å²) in [5, 5.41) is 0. The van der Waals surface area contributed by atoms with E-state index in [2.05, 4.69) is 4.74 Å². The van der Waals surface area contributed by atoms with E-state index in [9.17, 15) is 18.0 Å². The van der Waals surface area contributed by atoms with Gasteiger partial charge in [0.05, 0.1) is 0 Å². The fourth-order valence-corrected chi connectivity index (χ4v) is 1.40. The number of aryl methyl sites for hydroxylation is 1. The van der Waals surface area contributed by atoms with Crippen molar-refractivity contribution >= 4 is 5.78 Å². The van der Waals surface area contributed by atoms with Gasteiger partial charge in [-0.1, -0.05) is 6.92 Å². The van der Waals surface area contributed by atoms with Gasteiger partial charge in [-0.25, -0.2) is 4.39 Å². The van der Waals surface area contributed by atoms with Crippen molar-refractivity contribution in [2.45, 2.75) is 26.9 Å². The third-order valence-electron chi connectivity index (χ3n) is 2.13. The standard InChI is InChI=1S/C11H11F3O2/c1-3-7-4-10(16-11(13)14)9(12)5-8(7)6(2)15/h4-5,11H,3H2,1-2H3. The molecule has 0 aliphatic rings. The smallest absolute Gasteiger partial charge is 0.387 e. The van der Waals surface area contributed by atoms with Crippen LogP contribution < -0.4 is 4.74 Å². The Labute approximate surface area is 91.0 Å². The van der Waals surface area contributed by atoms with Gasteiger partial charge in [-0.3, -0.25) is 4.79 Å². The van der Waals surface area contributed by atoms with Crippen LogP contribution in [0.2, 0.25) is 0 Å². The van der Waals surface area contributed by atoms with Crippen LogP contribution in [-0.4, -0.2) is 12.4 Å². The monoisotopic (exact) mass is 232 g/mol. The normalized spacial score (nSPS) is 10.6. The first-order valence-corrected chi connectivity index (χ1v) is 4.73. The summed E-state index contributed by atoms with van der Waals surface area (Å²) in [6.07, 6.45) is 0.439. The van der Waals surface area contributed by atoms with E-state index in [1.54, 1.807) is 6.92 Å². The molecular weight excluding hydrogens is 221 g/mol. The third kappa shape index (κ3) is 2.74. The molecule has 5 heteroatoms. The third-order valence-corrected chi connectivity index (χ3v) is 2.13. The molecule has 0 bridgehead atoms. The van der Waals surface area contributed by atoms with Crippen LogP contribution in [0.1, 0.15) is 29.8 Å². The average Bonchev–Trinajstić information content (AvgIpc) is 2.19. The molecule has 0 fully saturated rings. The Kier molecular flexibility index (Phi) is 3.93. The minimum atomic E-state index is -3.08. The highest BCUT2D eigenvalue weighted by molar-refractivity contribution is 5.95. The maximum absolute atomic E-state index is 13.3. The van der Waals surface area contributed by atoms with Gasteiger partial charge in [0.25, 0.3) is 0 Å². The highest BCUT2D eigenvalue weighted by Crippen LogP contribution is 2.24. The first-order valence-electron chi connectivity index (χ1n) is 4.73. The highest BCUT2D eigenvalue weighted by atomic mass is 19.3. The quantitative estimate of drug-likeness (QED) is 0.745. The number of rotatable bonds is 4. The van der Waals surface area contributed by atoms with Crippen LogP contribution in [-0.2, 0) is 6.42 Å². The van der Waals surface area contributed by atoms with Gasteiger partial charge in [0.15, 0.2) is 17.3 Å². The van der Waals surface area contributed by atoms with Crippen molar-refractivity contribution in [2.75, 3.05) is 0 Å². The molecular formula is C11H11F3O2. The molecule has 0 aliphatic heterocycles. The van der Waals surface area contributed by atoms with Crippen LogP contribution in [0.4, 0.5) is 13.2 Å². The summed E-state index contributed by atoms with van der Waals surface area (Å²) < 4.78 is 41.2. The fraction of sp³-hybridized carbons (Fsp3) is 0.364. The molecule has 0 saturated carbocycles. The fourth-order valence-electron chi connectivity index (χ4n) is 1.40. The second-order valence-electron chi connectivity index (χ2n) is 3.23. The van der Waals surface area contributed by atoms with Crippen LogP contribution in [0.15, 0.2) is 12.1 Å². The van der Waals surface area contributed by atoms with E-state index < -0.39 is 18.2 Å². The lowest BCUT2D eigenvalue weighted by Gasteiger charge is -2.10. The van der Waals surface area contributed by atoms with Gasteiger partial charge >= 0.3 is 6.61 Å². The first-order chi connectivity index (χ1) is 7.45. The molecule has 0 radical (unpaired) electrons. The zero-order valence-electron chi connectivity index (χ0n) is 8.89. The van der Waals surface area contributed by atoms with E-state index in [0.29, 0.717) is 12.0 Å². The van der Waals surface area contributed by atoms with Crippen LogP contribution >= 0.6 is 0 Å². The second kappa shape index (κ2) is 5.01. The summed E-state index contributed by atoms with van der Waals surface area (Å²) in [5.41, 5.74) is 0.686. The molecule has 0 heterocycles. The Morgan fingerprint density at radius 1 is 1.44 bits per heavy atom. The minimum absolute atomic E-state index is 0.196. The second-order valence-corrected chi connectivity index (χ2v) is 3.23. The van der Waals surface area contributed by atoms with Crippen molar-refractivity contribution in [3.8, 4) is 5.75 Å². The first kappa shape index (κ1) is 12.5. The topological polar surface area (TPSA) is 26.3 Å². The predicted octanol–water partition coefficient (Wildman–Crippen LogP) is 3.19. The average molecular weight is 232 g/mol. The number of ether oxygens (including phenoxy) is 1. The SMILES string of the molecule is CCc1cc(OC(F)F)c(F)cc1C(C)=O. The van der Waals surface area contributed by atoms with Crippen molar-refractivity contribution < 1.29 is 22.7 Å². The Hall–Kier alpha value is -1.52.